The number of fused-ring (bicyclic) bond motifs is 2. The Morgan fingerprint density at radius 2 is 2.00 bits per heavy atom. The highest BCUT2D eigenvalue weighted by atomic mass is 16.5. The molecule has 2 aliphatic rings. The standard InChI is InChI=1S/C21H24O4/c1-2-24-20(22)17-12-15-11-14-8-5-3-4-7-13-9-6-10-16(18(13)14)19(15)25-21(17)23/h11-13H,2-10H2,1H3. The Hall–Kier alpha value is -2.10. The average molecular weight is 340 g/mol. The maximum absolute atomic E-state index is 12.3. The zero-order valence-electron chi connectivity index (χ0n) is 14.7. The molecule has 0 saturated carbocycles. The quantitative estimate of drug-likeness (QED) is 0.596. The zero-order chi connectivity index (χ0) is 17.4. The van der Waals surface area contributed by atoms with E-state index in [1.807, 2.05) is 0 Å². The van der Waals surface area contributed by atoms with Crippen molar-refractivity contribution in [2.24, 2.45) is 0 Å². The van der Waals surface area contributed by atoms with Crippen molar-refractivity contribution in [1.29, 1.82) is 0 Å². The molecule has 25 heavy (non-hydrogen) atoms. The minimum atomic E-state index is -0.601. The topological polar surface area (TPSA) is 56.5 Å². The van der Waals surface area contributed by atoms with Crippen molar-refractivity contribution >= 4 is 16.9 Å². The molecule has 0 amide bonds. The molecule has 2 aromatic rings. The molecule has 0 spiro atoms. The van der Waals surface area contributed by atoms with Gasteiger partial charge < -0.3 is 9.15 Å². The highest BCUT2D eigenvalue weighted by Crippen LogP contribution is 2.42. The maximum atomic E-state index is 12.3. The van der Waals surface area contributed by atoms with Gasteiger partial charge in [-0.2, -0.15) is 0 Å². The van der Waals surface area contributed by atoms with E-state index in [0.29, 0.717) is 11.5 Å². The molecule has 1 heterocycles. The SMILES string of the molecule is CCOC(=O)c1cc2cc3c4c(c2oc1=O)CCCC4CCCCC3. The summed E-state index contributed by atoms with van der Waals surface area (Å²) >= 11 is 0. The molecule has 4 nitrogen and oxygen atoms in total. The van der Waals surface area contributed by atoms with Crippen LogP contribution in [0.1, 0.15) is 78.4 Å². The molecule has 0 aliphatic heterocycles. The Labute approximate surface area is 147 Å². The number of rotatable bonds is 2. The molecular formula is C21H24O4. The van der Waals surface area contributed by atoms with Gasteiger partial charge in [-0.25, -0.2) is 9.59 Å². The van der Waals surface area contributed by atoms with Gasteiger partial charge in [0.2, 0.25) is 0 Å². The largest absolute Gasteiger partial charge is 0.462 e. The van der Waals surface area contributed by atoms with E-state index < -0.39 is 11.6 Å². The number of ether oxygens (including phenoxy) is 1. The van der Waals surface area contributed by atoms with E-state index in [1.54, 1.807) is 13.0 Å². The van der Waals surface area contributed by atoms with Crippen molar-refractivity contribution in [1.82, 2.24) is 0 Å². The molecule has 1 unspecified atom stereocenters. The third kappa shape index (κ3) is 2.88. The summed E-state index contributed by atoms with van der Waals surface area (Å²) in [5.74, 6) is -0.00472. The second-order valence-corrected chi connectivity index (χ2v) is 7.20. The van der Waals surface area contributed by atoms with Crippen molar-refractivity contribution in [3.8, 4) is 0 Å². The number of carbonyl (C=O) groups excluding carboxylic acids is 1. The van der Waals surface area contributed by atoms with Crippen LogP contribution in [0, 0.1) is 0 Å². The van der Waals surface area contributed by atoms with Gasteiger partial charge in [0.1, 0.15) is 11.1 Å². The Morgan fingerprint density at radius 3 is 2.84 bits per heavy atom. The van der Waals surface area contributed by atoms with Gasteiger partial charge in [0.15, 0.2) is 0 Å². The fraction of sp³-hybridized carbons (Fsp3) is 0.524. The first-order valence-electron chi connectivity index (χ1n) is 9.48. The minimum Gasteiger partial charge on any atom is -0.462 e. The average Bonchev–Trinajstić information content (AvgIpc) is 2.59. The van der Waals surface area contributed by atoms with E-state index in [-0.39, 0.29) is 12.2 Å². The van der Waals surface area contributed by atoms with Crippen molar-refractivity contribution < 1.29 is 13.9 Å². The van der Waals surface area contributed by atoms with E-state index in [9.17, 15) is 9.59 Å². The predicted octanol–water partition coefficient (Wildman–Crippen LogP) is 4.51. The second-order valence-electron chi connectivity index (χ2n) is 7.20. The van der Waals surface area contributed by atoms with Crippen LogP contribution < -0.4 is 5.63 Å². The number of benzene rings is 1. The number of esters is 1. The number of hydrogen-bond acceptors (Lipinski definition) is 4. The summed E-state index contributed by atoms with van der Waals surface area (Å²) in [5, 5.41) is 0.859. The zero-order valence-corrected chi connectivity index (χ0v) is 14.7. The molecule has 1 aromatic carbocycles. The van der Waals surface area contributed by atoms with Crippen LogP contribution in [-0.4, -0.2) is 12.6 Å². The first-order valence-corrected chi connectivity index (χ1v) is 9.48. The van der Waals surface area contributed by atoms with Gasteiger partial charge in [-0.1, -0.05) is 12.8 Å². The van der Waals surface area contributed by atoms with Gasteiger partial charge >= 0.3 is 11.6 Å². The van der Waals surface area contributed by atoms with Crippen molar-refractivity contribution in [2.45, 2.75) is 64.2 Å². The smallest absolute Gasteiger partial charge is 0.351 e. The number of carbonyl (C=O) groups is 1. The van der Waals surface area contributed by atoms with Crippen molar-refractivity contribution in [3.05, 3.63) is 44.8 Å². The molecule has 1 atom stereocenters. The molecule has 132 valence electrons. The summed E-state index contributed by atoms with van der Waals surface area (Å²) in [4.78, 5) is 24.4. The molecule has 2 aliphatic carbocycles. The summed E-state index contributed by atoms with van der Waals surface area (Å²) in [6.45, 7) is 1.97. The monoisotopic (exact) mass is 340 g/mol. The summed E-state index contributed by atoms with van der Waals surface area (Å²) in [7, 11) is 0. The lowest BCUT2D eigenvalue weighted by atomic mass is 9.75. The van der Waals surface area contributed by atoms with E-state index in [0.717, 1.165) is 24.6 Å². The van der Waals surface area contributed by atoms with Gasteiger partial charge in [-0.15, -0.1) is 0 Å². The van der Waals surface area contributed by atoms with Crippen LogP contribution in [0.4, 0.5) is 0 Å². The van der Waals surface area contributed by atoms with E-state index in [1.165, 1.54) is 48.8 Å². The lowest BCUT2D eigenvalue weighted by Gasteiger charge is -2.30. The highest BCUT2D eigenvalue weighted by Gasteiger charge is 2.28. The van der Waals surface area contributed by atoms with E-state index in [4.69, 9.17) is 9.15 Å². The molecule has 0 bridgehead atoms. The lowest BCUT2D eigenvalue weighted by Crippen LogP contribution is -2.19. The summed E-state index contributed by atoms with van der Waals surface area (Å²) < 4.78 is 10.6. The van der Waals surface area contributed by atoms with Crippen LogP contribution in [0.5, 0.6) is 0 Å². The Morgan fingerprint density at radius 1 is 1.16 bits per heavy atom. The molecule has 1 aromatic heterocycles. The molecule has 0 fully saturated rings. The summed E-state index contributed by atoms with van der Waals surface area (Å²) in [5.41, 5.74) is 4.12. The Bertz CT molecular complexity index is 878. The van der Waals surface area contributed by atoms with Crippen molar-refractivity contribution in [2.75, 3.05) is 6.61 Å². The van der Waals surface area contributed by atoms with Crippen LogP contribution in [0.3, 0.4) is 0 Å². The first kappa shape index (κ1) is 16.4. The minimum absolute atomic E-state index is 0.000274. The number of aryl methyl sites for hydroxylation is 2. The Balaban J connectivity index is 1.94. The molecular weight excluding hydrogens is 316 g/mol. The summed E-state index contributed by atoms with van der Waals surface area (Å²) in [6, 6.07) is 3.81. The normalized spacial score (nSPS) is 19.8. The van der Waals surface area contributed by atoms with Gasteiger partial charge in [-0.05, 0) is 80.2 Å². The fourth-order valence-corrected chi connectivity index (χ4v) is 4.57. The third-order valence-electron chi connectivity index (χ3n) is 5.63. The van der Waals surface area contributed by atoms with Crippen LogP contribution >= 0.6 is 0 Å². The van der Waals surface area contributed by atoms with Crippen LogP contribution in [0.15, 0.2) is 21.3 Å². The molecule has 0 radical (unpaired) electrons. The highest BCUT2D eigenvalue weighted by molar-refractivity contribution is 5.94. The van der Waals surface area contributed by atoms with Gasteiger partial charge in [0, 0.05) is 5.39 Å². The molecule has 0 N–H and O–H groups in total. The van der Waals surface area contributed by atoms with Gasteiger partial charge in [-0.3, -0.25) is 0 Å². The molecule has 4 heteroatoms. The van der Waals surface area contributed by atoms with E-state index >= 15 is 0 Å². The van der Waals surface area contributed by atoms with Gasteiger partial charge in [0.25, 0.3) is 0 Å². The predicted molar refractivity (Wildman–Crippen MR) is 96.3 cm³/mol. The lowest BCUT2D eigenvalue weighted by molar-refractivity contribution is 0.0521. The fourth-order valence-electron chi connectivity index (χ4n) is 4.57. The summed E-state index contributed by atoms with van der Waals surface area (Å²) in [6.07, 6.45) is 9.40. The number of hydrogen-bond donors (Lipinski definition) is 0. The maximum Gasteiger partial charge on any atom is 0.351 e. The third-order valence-corrected chi connectivity index (χ3v) is 5.63. The molecule has 4 rings (SSSR count). The Kier molecular flexibility index (Phi) is 4.36. The van der Waals surface area contributed by atoms with Crippen LogP contribution in [0.2, 0.25) is 0 Å². The van der Waals surface area contributed by atoms with Crippen LogP contribution in [0.25, 0.3) is 11.0 Å². The molecule has 0 saturated heterocycles. The van der Waals surface area contributed by atoms with Crippen molar-refractivity contribution in [3.63, 3.8) is 0 Å². The van der Waals surface area contributed by atoms with E-state index in [2.05, 4.69) is 6.07 Å². The van der Waals surface area contributed by atoms with Crippen LogP contribution in [-0.2, 0) is 17.6 Å². The second kappa shape index (κ2) is 6.66. The first-order chi connectivity index (χ1) is 12.2. The van der Waals surface area contributed by atoms with Gasteiger partial charge in [0.05, 0.1) is 6.61 Å².